The van der Waals surface area contributed by atoms with E-state index in [1.807, 2.05) is 0 Å². The summed E-state index contributed by atoms with van der Waals surface area (Å²) >= 11 is 2.45. The van der Waals surface area contributed by atoms with E-state index >= 15 is 0 Å². The summed E-state index contributed by atoms with van der Waals surface area (Å²) in [6, 6.07) is 1.62. The smallest absolute Gasteiger partial charge is 0.348 e. The molecule has 0 saturated heterocycles. The molecule has 0 atom stereocenters. The van der Waals surface area contributed by atoms with Crippen LogP contribution < -0.4 is 0 Å². The first kappa shape index (κ1) is 14.2. The first-order valence-corrected chi connectivity index (χ1v) is 8.65. The topological polar surface area (TPSA) is 73.3 Å². The van der Waals surface area contributed by atoms with Crippen LogP contribution in [0.25, 0.3) is 0 Å². The molecule has 0 spiro atoms. The third-order valence-electron chi connectivity index (χ3n) is 2.38. The summed E-state index contributed by atoms with van der Waals surface area (Å²) in [5, 5.41) is 3.92. The van der Waals surface area contributed by atoms with Gasteiger partial charge in [-0.15, -0.1) is 22.7 Å². The molecule has 102 valence electrons. The normalized spacial score (nSPS) is 11.5. The highest BCUT2D eigenvalue weighted by molar-refractivity contribution is 7.90. The van der Waals surface area contributed by atoms with Gasteiger partial charge in [-0.1, -0.05) is 0 Å². The molecule has 5 nitrogen and oxygen atoms in total. The number of thiazole rings is 1. The fourth-order valence-corrected chi connectivity index (χ4v) is 4.75. The molecule has 0 unspecified atom stereocenters. The largest absolute Gasteiger partial charge is 0.465 e. The molecule has 8 heteroatoms. The Morgan fingerprint density at radius 1 is 1.42 bits per heavy atom. The van der Waals surface area contributed by atoms with E-state index in [-0.39, 0.29) is 10.8 Å². The second kappa shape index (κ2) is 5.40. The molecular weight excluding hydrogens is 306 g/mol. The number of sulfone groups is 1. The average Bonchev–Trinajstić information content (AvgIpc) is 2.97. The molecule has 2 rings (SSSR count). The molecule has 0 aliphatic carbocycles. The van der Waals surface area contributed by atoms with E-state index in [1.165, 1.54) is 35.2 Å². The van der Waals surface area contributed by atoms with Gasteiger partial charge in [0.2, 0.25) is 9.84 Å². The van der Waals surface area contributed by atoms with Crippen molar-refractivity contribution in [1.82, 2.24) is 4.98 Å². The second-order valence-electron chi connectivity index (χ2n) is 3.73. The number of carbonyl (C=O) groups excluding carboxylic acids is 1. The van der Waals surface area contributed by atoms with Gasteiger partial charge in [0.15, 0.2) is 5.03 Å². The van der Waals surface area contributed by atoms with Gasteiger partial charge in [0.25, 0.3) is 0 Å². The van der Waals surface area contributed by atoms with Gasteiger partial charge < -0.3 is 4.74 Å². The molecule has 0 saturated carbocycles. The van der Waals surface area contributed by atoms with Crippen molar-refractivity contribution in [3.63, 3.8) is 0 Å². The van der Waals surface area contributed by atoms with Crippen LogP contribution in [-0.4, -0.2) is 26.5 Å². The number of aryl methyl sites for hydroxylation is 1. The third-order valence-corrected chi connectivity index (χ3v) is 5.78. The molecule has 2 aromatic heterocycles. The van der Waals surface area contributed by atoms with Crippen LogP contribution in [0.2, 0.25) is 0 Å². The van der Waals surface area contributed by atoms with Gasteiger partial charge in [-0.25, -0.2) is 18.2 Å². The Morgan fingerprint density at radius 3 is 2.74 bits per heavy atom. The quantitative estimate of drug-likeness (QED) is 0.809. The van der Waals surface area contributed by atoms with Gasteiger partial charge in [0.1, 0.15) is 4.88 Å². The molecule has 0 fully saturated rings. The van der Waals surface area contributed by atoms with E-state index in [1.54, 1.807) is 18.4 Å². The first-order valence-electron chi connectivity index (χ1n) is 5.23. The predicted molar refractivity (Wildman–Crippen MR) is 73.4 cm³/mol. The van der Waals surface area contributed by atoms with Crippen LogP contribution >= 0.6 is 22.7 Å². The number of hydrogen-bond acceptors (Lipinski definition) is 7. The average molecular weight is 317 g/mol. The summed E-state index contributed by atoms with van der Waals surface area (Å²) in [5.74, 6) is -0.765. The Bertz CT molecular complexity index is 699. The predicted octanol–water partition coefficient (Wildman–Crippen LogP) is 2.27. The number of thiophene rings is 1. The van der Waals surface area contributed by atoms with E-state index in [9.17, 15) is 13.2 Å². The number of nitrogens with zero attached hydrogens (tertiary/aromatic N) is 1. The fraction of sp³-hybridized carbons (Fsp3) is 0.273. The lowest BCUT2D eigenvalue weighted by Crippen LogP contribution is -2.09. The van der Waals surface area contributed by atoms with Crippen LogP contribution in [0.1, 0.15) is 20.2 Å². The SMILES string of the molecule is COC(=O)c1sccc1CS(=O)(=O)c1csc(C)n1. The Hall–Kier alpha value is -1.25. The fourth-order valence-electron chi connectivity index (χ4n) is 1.49. The lowest BCUT2D eigenvalue weighted by Gasteiger charge is -2.02. The van der Waals surface area contributed by atoms with Crippen LogP contribution in [0.4, 0.5) is 0 Å². The number of esters is 1. The standard InChI is InChI=1S/C11H11NO4S3/c1-7-12-9(5-18-7)19(14,15)6-8-3-4-17-10(8)11(13)16-2/h3-5H,6H2,1-2H3. The monoisotopic (exact) mass is 317 g/mol. The number of aromatic nitrogens is 1. The maximum Gasteiger partial charge on any atom is 0.348 e. The summed E-state index contributed by atoms with van der Waals surface area (Å²) < 4.78 is 29.0. The Morgan fingerprint density at radius 2 is 2.16 bits per heavy atom. The molecule has 0 amide bonds. The maximum absolute atomic E-state index is 12.2. The number of methoxy groups -OCH3 is 1. The van der Waals surface area contributed by atoms with Crippen molar-refractivity contribution in [2.45, 2.75) is 17.7 Å². The van der Waals surface area contributed by atoms with E-state index < -0.39 is 15.8 Å². The molecule has 0 radical (unpaired) electrons. The highest BCUT2D eigenvalue weighted by atomic mass is 32.2. The minimum absolute atomic E-state index is 0.0528. The number of hydrogen-bond donors (Lipinski definition) is 0. The minimum atomic E-state index is -3.53. The van der Waals surface area contributed by atoms with Crippen molar-refractivity contribution in [1.29, 1.82) is 0 Å². The summed E-state index contributed by atoms with van der Waals surface area (Å²) in [6.45, 7) is 1.74. The first-order chi connectivity index (χ1) is 8.94. The van der Waals surface area contributed by atoms with Gasteiger partial charge >= 0.3 is 5.97 Å². The van der Waals surface area contributed by atoms with Crippen LogP contribution in [0.15, 0.2) is 21.9 Å². The van der Waals surface area contributed by atoms with Gasteiger partial charge in [0.05, 0.1) is 17.9 Å². The zero-order valence-corrected chi connectivity index (χ0v) is 12.7. The lowest BCUT2D eigenvalue weighted by molar-refractivity contribution is 0.0605. The van der Waals surface area contributed by atoms with Crippen LogP contribution in [-0.2, 0) is 20.3 Å². The van der Waals surface area contributed by atoms with E-state index in [2.05, 4.69) is 9.72 Å². The molecule has 0 aliphatic rings. The van der Waals surface area contributed by atoms with Crippen molar-refractivity contribution < 1.29 is 17.9 Å². The zero-order chi connectivity index (χ0) is 14.0. The third kappa shape index (κ3) is 3.02. The Labute approximate surface area is 118 Å². The molecule has 0 N–H and O–H groups in total. The summed E-state index contributed by atoms with van der Waals surface area (Å²) in [4.78, 5) is 15.8. The van der Waals surface area contributed by atoms with Crippen LogP contribution in [0, 0.1) is 6.92 Å². The maximum atomic E-state index is 12.2. The molecule has 0 aromatic carbocycles. The zero-order valence-electron chi connectivity index (χ0n) is 10.2. The van der Waals surface area contributed by atoms with Gasteiger partial charge in [0, 0.05) is 5.38 Å². The molecule has 0 bridgehead atoms. The molecular formula is C11H11NO4S3. The second-order valence-corrected chi connectivity index (χ2v) is 7.65. The Balaban J connectivity index is 2.31. The molecule has 2 aromatic rings. The van der Waals surface area contributed by atoms with Crippen molar-refractivity contribution >= 4 is 38.5 Å². The number of carbonyl (C=O) groups is 1. The van der Waals surface area contributed by atoms with Gasteiger partial charge in [-0.2, -0.15) is 0 Å². The van der Waals surface area contributed by atoms with Crippen molar-refractivity contribution in [3.05, 3.63) is 32.3 Å². The van der Waals surface area contributed by atoms with E-state index in [0.29, 0.717) is 15.4 Å². The lowest BCUT2D eigenvalue weighted by atomic mass is 10.3. The molecule has 19 heavy (non-hydrogen) atoms. The van der Waals surface area contributed by atoms with Crippen molar-refractivity contribution in [2.75, 3.05) is 7.11 Å². The van der Waals surface area contributed by atoms with E-state index in [0.717, 1.165) is 0 Å². The molecule has 0 aliphatic heterocycles. The summed E-state index contributed by atoms with van der Waals surface area (Å²) in [6.07, 6.45) is 0. The summed E-state index contributed by atoms with van der Waals surface area (Å²) in [5.41, 5.74) is 0.447. The van der Waals surface area contributed by atoms with Crippen LogP contribution in [0.3, 0.4) is 0 Å². The minimum Gasteiger partial charge on any atom is -0.465 e. The van der Waals surface area contributed by atoms with Crippen molar-refractivity contribution in [2.24, 2.45) is 0 Å². The molecule has 2 heterocycles. The van der Waals surface area contributed by atoms with Gasteiger partial charge in [-0.05, 0) is 23.9 Å². The highest BCUT2D eigenvalue weighted by Crippen LogP contribution is 2.24. The number of rotatable bonds is 4. The number of ether oxygens (including phenoxy) is 1. The Kier molecular flexibility index (Phi) is 4.02. The van der Waals surface area contributed by atoms with Crippen LogP contribution in [0.5, 0.6) is 0 Å². The van der Waals surface area contributed by atoms with Crippen molar-refractivity contribution in [3.8, 4) is 0 Å². The highest BCUT2D eigenvalue weighted by Gasteiger charge is 2.23. The summed E-state index contributed by atoms with van der Waals surface area (Å²) in [7, 11) is -2.26. The van der Waals surface area contributed by atoms with Gasteiger partial charge in [-0.3, -0.25) is 0 Å². The van der Waals surface area contributed by atoms with E-state index in [4.69, 9.17) is 0 Å².